The zero-order chi connectivity index (χ0) is 23.2. The van der Waals surface area contributed by atoms with Crippen LogP contribution in [0.5, 0.6) is 0 Å². The Morgan fingerprint density at radius 3 is 2.64 bits per heavy atom. The van der Waals surface area contributed by atoms with Gasteiger partial charge in [-0.3, -0.25) is 4.90 Å². The number of piperazine rings is 1. The molecule has 4 nitrogen and oxygen atoms in total. The fourth-order valence-corrected chi connectivity index (χ4v) is 7.00. The highest BCUT2D eigenvalue weighted by Gasteiger charge is 2.24. The van der Waals surface area contributed by atoms with E-state index < -0.39 is 0 Å². The molecule has 2 aliphatic rings. The Morgan fingerprint density at radius 1 is 1.03 bits per heavy atom. The SMILES string of the molecule is Cc1cc(SN2CCC(CCSN3CCN(Cc4cccc(C#N)c4)CC3)C2)c(C)cc1Cl. The first-order valence-corrected chi connectivity index (χ1v) is 13.9. The van der Waals surface area contributed by atoms with Crippen LogP contribution in [0.15, 0.2) is 41.3 Å². The fraction of sp³-hybridized carbons (Fsp3) is 0.500. The number of hydrogen-bond acceptors (Lipinski definition) is 6. The summed E-state index contributed by atoms with van der Waals surface area (Å²) < 4.78 is 5.08. The highest BCUT2D eigenvalue weighted by molar-refractivity contribution is 7.97. The molecular formula is C26H33ClN4S2. The van der Waals surface area contributed by atoms with E-state index in [1.165, 1.54) is 47.7 Å². The highest BCUT2D eigenvalue weighted by Crippen LogP contribution is 2.35. The number of halogens is 1. The Morgan fingerprint density at radius 2 is 1.85 bits per heavy atom. The summed E-state index contributed by atoms with van der Waals surface area (Å²) in [5.74, 6) is 2.01. The topological polar surface area (TPSA) is 33.5 Å². The van der Waals surface area contributed by atoms with Gasteiger partial charge in [0.15, 0.2) is 0 Å². The van der Waals surface area contributed by atoms with Crippen LogP contribution in [0.25, 0.3) is 0 Å². The number of nitriles is 1. The van der Waals surface area contributed by atoms with Crippen molar-refractivity contribution in [1.82, 2.24) is 13.5 Å². The largest absolute Gasteiger partial charge is 0.296 e. The lowest BCUT2D eigenvalue weighted by Crippen LogP contribution is -2.43. The van der Waals surface area contributed by atoms with Crippen molar-refractivity contribution >= 4 is 35.5 Å². The van der Waals surface area contributed by atoms with Crippen LogP contribution < -0.4 is 0 Å². The van der Waals surface area contributed by atoms with Gasteiger partial charge in [0.1, 0.15) is 0 Å². The molecule has 0 amide bonds. The van der Waals surface area contributed by atoms with Gasteiger partial charge < -0.3 is 0 Å². The van der Waals surface area contributed by atoms with Gasteiger partial charge in [0.2, 0.25) is 0 Å². The lowest BCUT2D eigenvalue weighted by atomic mass is 10.1. The molecule has 2 fully saturated rings. The Hall–Kier alpha value is -1.20. The smallest absolute Gasteiger partial charge is 0.0991 e. The first-order chi connectivity index (χ1) is 16.0. The zero-order valence-corrected chi connectivity index (χ0v) is 22.0. The van der Waals surface area contributed by atoms with E-state index in [0.717, 1.165) is 54.8 Å². The molecule has 2 saturated heterocycles. The van der Waals surface area contributed by atoms with Crippen LogP contribution in [0.1, 0.15) is 35.1 Å². The minimum atomic E-state index is 0.754. The second-order valence-corrected chi connectivity index (χ2v) is 11.9. The molecule has 2 heterocycles. The van der Waals surface area contributed by atoms with Crippen LogP contribution in [-0.2, 0) is 6.54 Å². The maximum Gasteiger partial charge on any atom is 0.0991 e. The van der Waals surface area contributed by atoms with Gasteiger partial charge in [0.05, 0.1) is 11.6 Å². The van der Waals surface area contributed by atoms with E-state index >= 15 is 0 Å². The van der Waals surface area contributed by atoms with Crippen molar-refractivity contribution in [2.45, 2.75) is 38.1 Å². The predicted molar refractivity (Wildman–Crippen MR) is 142 cm³/mol. The van der Waals surface area contributed by atoms with Crippen LogP contribution in [0, 0.1) is 31.1 Å². The molecule has 176 valence electrons. The molecule has 1 atom stereocenters. The molecule has 2 aliphatic heterocycles. The van der Waals surface area contributed by atoms with Gasteiger partial charge in [-0.15, -0.1) is 0 Å². The van der Waals surface area contributed by atoms with Gasteiger partial charge in [-0.2, -0.15) is 5.26 Å². The van der Waals surface area contributed by atoms with Gasteiger partial charge in [-0.1, -0.05) is 35.7 Å². The summed E-state index contributed by atoms with van der Waals surface area (Å²) in [4.78, 5) is 3.84. The second-order valence-electron chi connectivity index (χ2n) is 9.14. The molecule has 0 saturated carbocycles. The van der Waals surface area contributed by atoms with Crippen molar-refractivity contribution in [3.8, 4) is 6.07 Å². The van der Waals surface area contributed by atoms with Crippen molar-refractivity contribution in [3.05, 3.63) is 63.7 Å². The van der Waals surface area contributed by atoms with Gasteiger partial charge in [0, 0.05) is 61.5 Å². The Balaban J connectivity index is 1.13. The Bertz CT molecular complexity index is 985. The van der Waals surface area contributed by atoms with E-state index in [4.69, 9.17) is 16.9 Å². The summed E-state index contributed by atoms with van der Waals surface area (Å²) in [7, 11) is 0. The zero-order valence-electron chi connectivity index (χ0n) is 19.6. The maximum absolute atomic E-state index is 9.09. The number of hydrogen-bond donors (Lipinski definition) is 0. The van der Waals surface area contributed by atoms with Gasteiger partial charge in [0.25, 0.3) is 0 Å². The van der Waals surface area contributed by atoms with Gasteiger partial charge in [-0.05, 0) is 85.5 Å². The third-order valence-corrected chi connectivity index (χ3v) is 9.31. The molecule has 1 unspecified atom stereocenters. The Kier molecular flexibility index (Phi) is 9.04. The molecule has 7 heteroatoms. The van der Waals surface area contributed by atoms with E-state index in [1.807, 2.05) is 42.1 Å². The molecule has 0 bridgehead atoms. The number of aryl methyl sites for hydroxylation is 2. The van der Waals surface area contributed by atoms with Crippen molar-refractivity contribution in [3.63, 3.8) is 0 Å². The van der Waals surface area contributed by atoms with Gasteiger partial charge in [-0.25, -0.2) is 8.61 Å². The summed E-state index contributed by atoms with van der Waals surface area (Å²) in [5.41, 5.74) is 4.42. The van der Waals surface area contributed by atoms with Crippen LogP contribution in [0.3, 0.4) is 0 Å². The molecule has 0 N–H and O–H groups in total. The van der Waals surface area contributed by atoms with E-state index in [1.54, 1.807) is 0 Å². The van der Waals surface area contributed by atoms with Crippen molar-refractivity contribution < 1.29 is 0 Å². The van der Waals surface area contributed by atoms with E-state index in [9.17, 15) is 0 Å². The fourth-order valence-electron chi connectivity index (χ4n) is 4.47. The third-order valence-electron chi connectivity index (χ3n) is 6.53. The van der Waals surface area contributed by atoms with E-state index in [0.29, 0.717) is 0 Å². The monoisotopic (exact) mass is 500 g/mol. The Labute approximate surface area is 212 Å². The van der Waals surface area contributed by atoms with Crippen LogP contribution in [0.4, 0.5) is 0 Å². The minimum absolute atomic E-state index is 0.754. The van der Waals surface area contributed by atoms with Crippen LogP contribution in [-0.4, -0.2) is 58.5 Å². The molecule has 33 heavy (non-hydrogen) atoms. The number of rotatable bonds is 8. The van der Waals surface area contributed by atoms with Crippen molar-refractivity contribution in [2.24, 2.45) is 5.92 Å². The lowest BCUT2D eigenvalue weighted by Gasteiger charge is -2.34. The third kappa shape index (κ3) is 7.14. The quantitative estimate of drug-likeness (QED) is 0.412. The first-order valence-electron chi connectivity index (χ1n) is 11.8. The molecule has 0 aliphatic carbocycles. The summed E-state index contributed by atoms with van der Waals surface area (Å²) >= 11 is 10.2. The predicted octanol–water partition coefficient (Wildman–Crippen LogP) is 6.01. The normalized spacial score (nSPS) is 20.2. The minimum Gasteiger partial charge on any atom is -0.296 e. The number of nitrogens with zero attached hydrogens (tertiary/aromatic N) is 4. The summed E-state index contributed by atoms with van der Waals surface area (Å²) in [6.45, 7) is 12.0. The lowest BCUT2D eigenvalue weighted by molar-refractivity contribution is 0.189. The van der Waals surface area contributed by atoms with E-state index in [2.05, 4.69) is 51.6 Å². The molecular weight excluding hydrogens is 468 g/mol. The molecule has 2 aromatic carbocycles. The molecule has 4 rings (SSSR count). The van der Waals surface area contributed by atoms with E-state index in [-0.39, 0.29) is 0 Å². The standard InChI is InChI=1S/C26H33ClN4S2/c1-20-15-26(21(2)14-25(20)27)33-31-8-6-22(19-31)7-13-32-30-11-9-29(10-12-30)18-24-5-3-4-23(16-24)17-28/h3-5,14-16,22H,6-13,18-19H2,1-2H3. The van der Waals surface area contributed by atoms with Crippen molar-refractivity contribution in [1.29, 1.82) is 5.26 Å². The summed E-state index contributed by atoms with van der Waals surface area (Å²) in [5, 5.41) is 9.96. The highest BCUT2D eigenvalue weighted by atomic mass is 35.5. The van der Waals surface area contributed by atoms with Gasteiger partial charge >= 0.3 is 0 Å². The van der Waals surface area contributed by atoms with Crippen LogP contribution >= 0.6 is 35.5 Å². The average Bonchev–Trinajstić information content (AvgIpc) is 3.26. The molecule has 2 aromatic rings. The molecule has 0 aromatic heterocycles. The first kappa shape index (κ1) is 24.9. The maximum atomic E-state index is 9.09. The summed E-state index contributed by atoms with van der Waals surface area (Å²) in [6, 6.07) is 14.6. The molecule has 0 radical (unpaired) electrons. The average molecular weight is 501 g/mol. The van der Waals surface area contributed by atoms with Crippen LogP contribution in [0.2, 0.25) is 5.02 Å². The summed E-state index contributed by atoms with van der Waals surface area (Å²) in [6.07, 6.45) is 2.59. The number of benzene rings is 2. The van der Waals surface area contributed by atoms with Crippen molar-refractivity contribution in [2.75, 3.05) is 45.0 Å². The second kappa shape index (κ2) is 12.0. The molecule has 0 spiro atoms.